The molecular formula is C31H66ClNO. The Balaban J connectivity index is 0. The summed E-state index contributed by atoms with van der Waals surface area (Å²) in [6.45, 7) is 6.58. The summed E-state index contributed by atoms with van der Waals surface area (Å²) in [6, 6.07) is 0. The van der Waals surface area contributed by atoms with Gasteiger partial charge in [0.25, 0.3) is 0 Å². The Kier molecular flexibility index (Phi) is 33.4. The highest BCUT2D eigenvalue weighted by atomic mass is 35.5. The van der Waals surface area contributed by atoms with Crippen molar-refractivity contribution >= 4 is 12.4 Å². The SMILES string of the molecule is CCCCCCCCCCCCCCC(O)CN(C)CCCCCCCCCCCCCC.Cl. The number of nitrogens with zero attached hydrogens (tertiary/aromatic N) is 1. The summed E-state index contributed by atoms with van der Waals surface area (Å²) in [5, 5.41) is 10.3. The van der Waals surface area contributed by atoms with E-state index in [0.29, 0.717) is 0 Å². The van der Waals surface area contributed by atoms with Crippen molar-refractivity contribution in [3.63, 3.8) is 0 Å². The van der Waals surface area contributed by atoms with Crippen LogP contribution in [-0.2, 0) is 0 Å². The number of aliphatic hydroxyl groups excluding tert-OH is 1. The summed E-state index contributed by atoms with van der Waals surface area (Å²) in [6.07, 6.45) is 34.4. The van der Waals surface area contributed by atoms with Crippen molar-refractivity contribution in [3.05, 3.63) is 0 Å². The van der Waals surface area contributed by atoms with Crippen LogP contribution in [0.4, 0.5) is 0 Å². The molecule has 0 saturated carbocycles. The maximum Gasteiger partial charge on any atom is 0.0667 e. The minimum Gasteiger partial charge on any atom is -0.392 e. The van der Waals surface area contributed by atoms with Gasteiger partial charge in [-0.25, -0.2) is 0 Å². The molecule has 0 spiro atoms. The second-order valence-corrected chi connectivity index (χ2v) is 11.0. The minimum atomic E-state index is -0.129. The first-order chi connectivity index (χ1) is 16.2. The van der Waals surface area contributed by atoms with Crippen molar-refractivity contribution < 1.29 is 5.11 Å². The highest BCUT2D eigenvalue weighted by molar-refractivity contribution is 5.85. The third-order valence-electron chi connectivity index (χ3n) is 7.31. The van der Waals surface area contributed by atoms with E-state index in [9.17, 15) is 5.11 Å². The zero-order chi connectivity index (χ0) is 24.2. The fourth-order valence-corrected chi connectivity index (χ4v) is 4.99. The Bertz CT molecular complexity index is 320. The van der Waals surface area contributed by atoms with Gasteiger partial charge >= 0.3 is 0 Å². The normalized spacial score (nSPS) is 12.3. The van der Waals surface area contributed by atoms with Crippen LogP contribution in [0.1, 0.15) is 174 Å². The number of likely N-dealkylation sites (N-methyl/N-ethyl adjacent to an activating group) is 1. The molecule has 208 valence electrons. The van der Waals surface area contributed by atoms with Gasteiger partial charge in [0, 0.05) is 6.54 Å². The average molecular weight is 504 g/mol. The maximum absolute atomic E-state index is 10.3. The van der Waals surface area contributed by atoms with E-state index >= 15 is 0 Å². The molecule has 0 bridgehead atoms. The predicted octanol–water partition coefficient (Wildman–Crippen LogP) is 10.5. The number of rotatable bonds is 28. The quantitative estimate of drug-likeness (QED) is 0.107. The first-order valence-corrected chi connectivity index (χ1v) is 15.6. The van der Waals surface area contributed by atoms with Crippen molar-refractivity contribution in [3.8, 4) is 0 Å². The Labute approximate surface area is 222 Å². The van der Waals surface area contributed by atoms with Crippen LogP contribution < -0.4 is 0 Å². The summed E-state index contributed by atoms with van der Waals surface area (Å²) in [4.78, 5) is 2.35. The summed E-state index contributed by atoms with van der Waals surface area (Å²) in [7, 11) is 2.18. The number of unbranched alkanes of at least 4 members (excludes halogenated alkanes) is 22. The molecule has 0 saturated heterocycles. The van der Waals surface area contributed by atoms with E-state index in [1.165, 1.54) is 154 Å². The van der Waals surface area contributed by atoms with E-state index in [1.807, 2.05) is 0 Å². The van der Waals surface area contributed by atoms with Crippen LogP contribution in [0.25, 0.3) is 0 Å². The topological polar surface area (TPSA) is 23.5 Å². The first kappa shape index (κ1) is 36.4. The van der Waals surface area contributed by atoms with Gasteiger partial charge in [-0.2, -0.15) is 0 Å². The first-order valence-electron chi connectivity index (χ1n) is 15.6. The number of hydrogen-bond donors (Lipinski definition) is 1. The molecular weight excluding hydrogens is 438 g/mol. The lowest BCUT2D eigenvalue weighted by Crippen LogP contribution is -2.29. The molecule has 1 unspecified atom stereocenters. The number of aliphatic hydroxyl groups is 1. The second-order valence-electron chi connectivity index (χ2n) is 11.0. The van der Waals surface area contributed by atoms with Gasteiger partial charge in [-0.3, -0.25) is 0 Å². The van der Waals surface area contributed by atoms with Crippen LogP contribution in [0.5, 0.6) is 0 Å². The van der Waals surface area contributed by atoms with E-state index in [0.717, 1.165) is 19.5 Å². The summed E-state index contributed by atoms with van der Waals surface area (Å²) in [5.74, 6) is 0. The Morgan fingerprint density at radius 1 is 0.471 bits per heavy atom. The van der Waals surface area contributed by atoms with Crippen molar-refractivity contribution in [1.29, 1.82) is 0 Å². The molecule has 0 radical (unpaired) electrons. The molecule has 0 heterocycles. The van der Waals surface area contributed by atoms with Crippen LogP contribution >= 0.6 is 12.4 Å². The molecule has 0 aromatic carbocycles. The molecule has 0 rings (SSSR count). The monoisotopic (exact) mass is 503 g/mol. The van der Waals surface area contributed by atoms with Crippen molar-refractivity contribution in [2.24, 2.45) is 0 Å². The zero-order valence-corrected chi connectivity index (χ0v) is 24.8. The third-order valence-corrected chi connectivity index (χ3v) is 7.31. The standard InChI is InChI=1S/C31H65NO.ClH/c1-4-6-8-10-12-14-16-18-20-22-24-26-28-31(33)30-32(3)29-27-25-23-21-19-17-15-13-11-9-7-5-2;/h31,33H,4-30H2,1-3H3;1H. The highest BCUT2D eigenvalue weighted by Gasteiger charge is 2.07. The Hall–Kier alpha value is 0.210. The second kappa shape index (κ2) is 31.2. The van der Waals surface area contributed by atoms with Gasteiger partial charge in [0.05, 0.1) is 6.10 Å². The minimum absolute atomic E-state index is 0. The van der Waals surface area contributed by atoms with Crippen molar-refractivity contribution in [2.75, 3.05) is 20.1 Å². The molecule has 0 aromatic heterocycles. The van der Waals surface area contributed by atoms with Crippen LogP contribution in [0, 0.1) is 0 Å². The van der Waals surface area contributed by atoms with Crippen molar-refractivity contribution in [1.82, 2.24) is 4.90 Å². The van der Waals surface area contributed by atoms with Gasteiger partial charge in [0.15, 0.2) is 0 Å². The van der Waals surface area contributed by atoms with Gasteiger partial charge < -0.3 is 10.0 Å². The Morgan fingerprint density at radius 2 is 0.765 bits per heavy atom. The van der Waals surface area contributed by atoms with E-state index in [-0.39, 0.29) is 18.5 Å². The molecule has 34 heavy (non-hydrogen) atoms. The molecule has 2 nitrogen and oxygen atoms in total. The molecule has 3 heteroatoms. The van der Waals surface area contributed by atoms with E-state index in [1.54, 1.807) is 0 Å². The molecule has 1 atom stereocenters. The van der Waals surface area contributed by atoms with Crippen molar-refractivity contribution in [2.45, 2.75) is 180 Å². The lowest BCUT2D eigenvalue weighted by molar-refractivity contribution is 0.114. The Morgan fingerprint density at radius 3 is 1.12 bits per heavy atom. The van der Waals surface area contributed by atoms with E-state index < -0.39 is 0 Å². The van der Waals surface area contributed by atoms with Gasteiger partial charge in [0.1, 0.15) is 0 Å². The van der Waals surface area contributed by atoms with E-state index in [2.05, 4.69) is 25.8 Å². The van der Waals surface area contributed by atoms with Crippen LogP contribution in [-0.4, -0.2) is 36.2 Å². The lowest BCUT2D eigenvalue weighted by Gasteiger charge is -2.20. The van der Waals surface area contributed by atoms with Crippen LogP contribution in [0.3, 0.4) is 0 Å². The predicted molar refractivity (Wildman–Crippen MR) is 158 cm³/mol. The molecule has 0 aromatic rings. The van der Waals surface area contributed by atoms with Crippen LogP contribution in [0.15, 0.2) is 0 Å². The number of hydrogen-bond acceptors (Lipinski definition) is 2. The fourth-order valence-electron chi connectivity index (χ4n) is 4.99. The molecule has 0 aliphatic rings. The van der Waals surface area contributed by atoms with Gasteiger partial charge in [-0.05, 0) is 26.4 Å². The molecule has 0 amide bonds. The third kappa shape index (κ3) is 30.2. The molecule has 1 N–H and O–H groups in total. The molecule has 0 aliphatic carbocycles. The molecule has 0 fully saturated rings. The molecule has 0 aliphatic heterocycles. The average Bonchev–Trinajstić information content (AvgIpc) is 2.80. The number of halogens is 1. The maximum atomic E-state index is 10.3. The summed E-state index contributed by atoms with van der Waals surface area (Å²) in [5.41, 5.74) is 0. The van der Waals surface area contributed by atoms with E-state index in [4.69, 9.17) is 0 Å². The van der Waals surface area contributed by atoms with Gasteiger partial charge in [0.2, 0.25) is 0 Å². The largest absolute Gasteiger partial charge is 0.392 e. The smallest absolute Gasteiger partial charge is 0.0667 e. The lowest BCUT2D eigenvalue weighted by atomic mass is 10.0. The highest BCUT2D eigenvalue weighted by Crippen LogP contribution is 2.14. The summed E-state index contributed by atoms with van der Waals surface area (Å²) < 4.78 is 0. The van der Waals surface area contributed by atoms with Gasteiger partial charge in [-0.15, -0.1) is 12.4 Å². The summed E-state index contributed by atoms with van der Waals surface area (Å²) >= 11 is 0. The van der Waals surface area contributed by atoms with Crippen LogP contribution in [0.2, 0.25) is 0 Å². The zero-order valence-electron chi connectivity index (χ0n) is 24.0. The van der Waals surface area contributed by atoms with Gasteiger partial charge in [-0.1, -0.05) is 162 Å². The fraction of sp³-hybridized carbons (Fsp3) is 1.00.